The van der Waals surface area contributed by atoms with Crippen molar-refractivity contribution in [2.45, 2.75) is 37.6 Å². The smallest absolute Gasteiger partial charge is 0.303 e. The Morgan fingerprint density at radius 3 is 2.24 bits per heavy atom. The molecule has 5 nitrogen and oxygen atoms in total. The summed E-state index contributed by atoms with van der Waals surface area (Å²) in [6.45, 7) is 3.51. The molecule has 21 heavy (non-hydrogen) atoms. The number of sulfonamides is 1. The van der Waals surface area contributed by atoms with E-state index in [2.05, 4.69) is 0 Å². The summed E-state index contributed by atoms with van der Waals surface area (Å²) in [5.41, 5.74) is 0. The molecule has 8 heteroatoms. The van der Waals surface area contributed by atoms with Crippen LogP contribution in [0.25, 0.3) is 0 Å². The van der Waals surface area contributed by atoms with Crippen molar-refractivity contribution in [2.24, 2.45) is 0 Å². The SMILES string of the molecule is CC(C)N(CCCC(=O)O)S(=O)(=O)c1c(Cl)cccc1Cl. The number of hydrogen-bond donors (Lipinski definition) is 1. The van der Waals surface area contributed by atoms with Crippen LogP contribution in [-0.2, 0) is 14.8 Å². The lowest BCUT2D eigenvalue weighted by Crippen LogP contribution is -2.38. The van der Waals surface area contributed by atoms with E-state index < -0.39 is 16.0 Å². The van der Waals surface area contributed by atoms with Crippen LogP contribution in [0.5, 0.6) is 0 Å². The molecule has 1 aromatic carbocycles. The van der Waals surface area contributed by atoms with Gasteiger partial charge in [0.15, 0.2) is 0 Å². The molecular weight excluding hydrogens is 337 g/mol. The van der Waals surface area contributed by atoms with Crippen molar-refractivity contribution in [2.75, 3.05) is 6.54 Å². The van der Waals surface area contributed by atoms with Crippen LogP contribution in [0, 0.1) is 0 Å². The highest BCUT2D eigenvalue weighted by molar-refractivity contribution is 7.89. The zero-order valence-electron chi connectivity index (χ0n) is 11.7. The summed E-state index contributed by atoms with van der Waals surface area (Å²) in [5.74, 6) is -0.966. The van der Waals surface area contributed by atoms with E-state index in [1.807, 2.05) is 0 Å². The first kappa shape index (κ1) is 18.2. The Morgan fingerprint density at radius 2 is 1.81 bits per heavy atom. The zero-order valence-corrected chi connectivity index (χ0v) is 14.0. The lowest BCUT2D eigenvalue weighted by atomic mass is 10.3. The highest BCUT2D eigenvalue weighted by atomic mass is 35.5. The number of carboxylic acids is 1. The van der Waals surface area contributed by atoms with Gasteiger partial charge >= 0.3 is 5.97 Å². The molecule has 0 amide bonds. The third-order valence-corrected chi connectivity index (χ3v) is 5.86. The van der Waals surface area contributed by atoms with Gasteiger partial charge in [0.2, 0.25) is 10.0 Å². The van der Waals surface area contributed by atoms with Crippen LogP contribution in [0.15, 0.2) is 23.1 Å². The van der Waals surface area contributed by atoms with Gasteiger partial charge in [-0.15, -0.1) is 0 Å². The van der Waals surface area contributed by atoms with E-state index in [4.69, 9.17) is 28.3 Å². The van der Waals surface area contributed by atoms with Gasteiger partial charge < -0.3 is 5.11 Å². The largest absolute Gasteiger partial charge is 0.481 e. The summed E-state index contributed by atoms with van der Waals surface area (Å²) < 4.78 is 26.6. The average Bonchev–Trinajstić information content (AvgIpc) is 2.32. The second-order valence-electron chi connectivity index (χ2n) is 4.76. The molecule has 1 aromatic rings. The van der Waals surface area contributed by atoms with Crippen molar-refractivity contribution < 1.29 is 18.3 Å². The summed E-state index contributed by atoms with van der Waals surface area (Å²) in [5, 5.41) is 8.76. The molecule has 118 valence electrons. The molecule has 0 atom stereocenters. The predicted octanol–water partition coefficient (Wildman–Crippen LogP) is 3.26. The lowest BCUT2D eigenvalue weighted by molar-refractivity contribution is -0.137. The van der Waals surface area contributed by atoms with Gasteiger partial charge in [-0.1, -0.05) is 29.3 Å². The molecule has 1 N–H and O–H groups in total. The molecule has 0 saturated carbocycles. The topological polar surface area (TPSA) is 74.7 Å². The van der Waals surface area contributed by atoms with Crippen LogP contribution in [0.1, 0.15) is 26.7 Å². The molecule has 0 aliphatic rings. The number of nitrogens with zero attached hydrogens (tertiary/aromatic N) is 1. The van der Waals surface area contributed by atoms with Crippen molar-refractivity contribution >= 4 is 39.2 Å². The molecule has 0 aliphatic heterocycles. The molecule has 0 aliphatic carbocycles. The number of halogens is 2. The first-order valence-electron chi connectivity index (χ1n) is 6.35. The van der Waals surface area contributed by atoms with Gasteiger partial charge in [-0.25, -0.2) is 8.42 Å². The normalized spacial score (nSPS) is 12.1. The van der Waals surface area contributed by atoms with E-state index in [0.29, 0.717) is 0 Å². The van der Waals surface area contributed by atoms with Crippen molar-refractivity contribution in [1.29, 1.82) is 0 Å². The van der Waals surface area contributed by atoms with Gasteiger partial charge in [0.25, 0.3) is 0 Å². The minimum atomic E-state index is -3.88. The van der Waals surface area contributed by atoms with E-state index in [9.17, 15) is 13.2 Å². The second kappa shape index (κ2) is 7.45. The molecule has 0 aromatic heterocycles. The second-order valence-corrected chi connectivity index (χ2v) is 7.40. The van der Waals surface area contributed by atoms with Crippen LogP contribution in [-0.4, -0.2) is 36.4 Å². The highest BCUT2D eigenvalue weighted by Gasteiger charge is 2.30. The molecule has 0 spiro atoms. The highest BCUT2D eigenvalue weighted by Crippen LogP contribution is 2.32. The Balaban J connectivity index is 3.14. The van der Waals surface area contributed by atoms with Crippen LogP contribution in [0.3, 0.4) is 0 Å². The quantitative estimate of drug-likeness (QED) is 0.816. The predicted molar refractivity (Wildman–Crippen MR) is 82.4 cm³/mol. The van der Waals surface area contributed by atoms with Gasteiger partial charge in [-0.2, -0.15) is 4.31 Å². The standard InChI is InChI=1S/C13H17Cl2NO4S/c1-9(2)16(8-4-7-12(17)18)21(19,20)13-10(14)5-3-6-11(13)15/h3,5-6,9H,4,7-8H2,1-2H3,(H,17,18). The fourth-order valence-electron chi connectivity index (χ4n) is 1.89. The van der Waals surface area contributed by atoms with Gasteiger partial charge in [0, 0.05) is 19.0 Å². The summed E-state index contributed by atoms with van der Waals surface area (Å²) in [7, 11) is -3.88. The summed E-state index contributed by atoms with van der Waals surface area (Å²) in [6.07, 6.45) is 0.115. The zero-order chi connectivity index (χ0) is 16.2. The van der Waals surface area contributed by atoms with Gasteiger partial charge in [-0.3, -0.25) is 4.79 Å². The lowest BCUT2D eigenvalue weighted by Gasteiger charge is -2.26. The van der Waals surface area contributed by atoms with Crippen molar-refractivity contribution in [3.05, 3.63) is 28.2 Å². The molecule has 0 heterocycles. The molecule has 0 bridgehead atoms. The van der Waals surface area contributed by atoms with E-state index in [-0.39, 0.29) is 40.4 Å². The number of carbonyl (C=O) groups is 1. The first-order valence-corrected chi connectivity index (χ1v) is 8.55. The third kappa shape index (κ3) is 4.57. The number of carboxylic acid groups (broad SMARTS) is 1. The summed E-state index contributed by atoms with van der Waals surface area (Å²) in [4.78, 5) is 10.4. The number of benzene rings is 1. The van der Waals surface area contributed by atoms with E-state index >= 15 is 0 Å². The summed E-state index contributed by atoms with van der Waals surface area (Å²) >= 11 is 11.9. The fraction of sp³-hybridized carbons (Fsp3) is 0.462. The minimum absolute atomic E-state index is 0.0476. The number of rotatable bonds is 7. The van der Waals surface area contributed by atoms with Crippen molar-refractivity contribution in [3.8, 4) is 0 Å². The Labute approximate surface area is 134 Å². The summed E-state index contributed by atoms with van der Waals surface area (Å²) in [6, 6.07) is 4.14. The Kier molecular flexibility index (Phi) is 6.46. The molecule has 0 radical (unpaired) electrons. The number of aliphatic carboxylic acids is 1. The minimum Gasteiger partial charge on any atom is -0.481 e. The maximum Gasteiger partial charge on any atom is 0.303 e. The molecular formula is C13H17Cl2NO4S. The fourth-order valence-corrected chi connectivity index (χ4v) is 4.66. The maximum atomic E-state index is 12.7. The van der Waals surface area contributed by atoms with E-state index in [1.165, 1.54) is 16.4 Å². The van der Waals surface area contributed by atoms with Gasteiger partial charge in [0.1, 0.15) is 4.90 Å². The van der Waals surface area contributed by atoms with Crippen LogP contribution < -0.4 is 0 Å². The van der Waals surface area contributed by atoms with E-state index in [0.717, 1.165) is 0 Å². The molecule has 0 unspecified atom stereocenters. The van der Waals surface area contributed by atoms with Gasteiger partial charge in [-0.05, 0) is 32.4 Å². The Morgan fingerprint density at radius 1 is 1.29 bits per heavy atom. The van der Waals surface area contributed by atoms with Crippen LogP contribution in [0.2, 0.25) is 10.0 Å². The molecule has 0 fully saturated rings. The van der Waals surface area contributed by atoms with Crippen LogP contribution in [0.4, 0.5) is 0 Å². The van der Waals surface area contributed by atoms with Crippen molar-refractivity contribution in [3.63, 3.8) is 0 Å². The first-order chi connectivity index (χ1) is 9.67. The third-order valence-electron chi connectivity index (χ3n) is 2.83. The van der Waals surface area contributed by atoms with Gasteiger partial charge in [0.05, 0.1) is 10.0 Å². The Hall–Kier alpha value is -0.820. The van der Waals surface area contributed by atoms with E-state index in [1.54, 1.807) is 19.9 Å². The molecule has 1 rings (SSSR count). The van der Waals surface area contributed by atoms with Crippen LogP contribution >= 0.6 is 23.2 Å². The molecule has 0 saturated heterocycles. The Bertz CT molecular complexity index is 596. The van der Waals surface area contributed by atoms with Crippen molar-refractivity contribution in [1.82, 2.24) is 4.31 Å². The maximum absolute atomic E-state index is 12.7. The average molecular weight is 354 g/mol. The monoisotopic (exact) mass is 353 g/mol. The number of hydrogen-bond acceptors (Lipinski definition) is 3.